The largest absolute Gasteiger partial charge is 0.417 e. The second-order valence-corrected chi connectivity index (χ2v) is 34.6. The third kappa shape index (κ3) is 17.5. The number of halogens is 12. The molecule has 0 aliphatic rings. The predicted molar refractivity (Wildman–Crippen MR) is 527 cm³/mol. The van der Waals surface area contributed by atoms with E-state index in [1.807, 2.05) is 234 Å². The fourth-order valence-electron chi connectivity index (χ4n) is 19.0. The van der Waals surface area contributed by atoms with Crippen molar-refractivity contribution in [3.63, 3.8) is 0 Å². The Kier molecular flexibility index (Phi) is 23.1. The highest BCUT2D eigenvalue weighted by Gasteiger charge is 2.41. The molecule has 676 valence electrons. The van der Waals surface area contributed by atoms with Gasteiger partial charge < -0.3 is 9.13 Å². The molecule has 0 unspecified atom stereocenters. The summed E-state index contributed by atoms with van der Waals surface area (Å²) in [6.45, 7) is 12.2. The lowest BCUT2D eigenvalue weighted by Crippen LogP contribution is -2.11. The van der Waals surface area contributed by atoms with E-state index >= 15 is 52.7 Å². The van der Waals surface area contributed by atoms with Crippen LogP contribution in [-0.4, -0.2) is 39.0 Å². The van der Waals surface area contributed by atoms with Crippen molar-refractivity contribution in [3.8, 4) is 158 Å². The topological polar surface area (TPSA) is 87.2 Å². The van der Waals surface area contributed by atoms with Gasteiger partial charge in [-0.2, -0.15) is 52.7 Å². The first-order chi connectivity index (χ1) is 66.4. The third-order valence-electron chi connectivity index (χ3n) is 24.8. The lowest BCUT2D eigenvalue weighted by atomic mass is 9.88. The molecule has 0 aliphatic carbocycles. The first-order valence-corrected chi connectivity index (χ1v) is 44.5. The van der Waals surface area contributed by atoms with Crippen molar-refractivity contribution in [2.45, 2.75) is 66.2 Å². The number of para-hydroxylation sites is 1. The van der Waals surface area contributed by atoms with E-state index in [0.717, 1.165) is 113 Å². The molecule has 0 amide bonds. The SMILES string of the molecule is Cc1cc(C)cc(-c2ccc3c(c2)c2cc(-c4cc(C)cc(C)c4)ccc2n3-c2c(-c3ccccc3C(F)(F)F)cc(-c3nc(-c4ccccc4)nc(-c4ccccc4)n3)cc2-c2ccccc2C(F)(F)F)c1.Cc1cc(C)cc(-c2ccc3c(c2)c2ccccc2n3-c2c(-c3ccccc3C(F)(F)F)cc(-c3nc(-c4ccccc4)nc(-c4ccccc4)n3)cc2-c2ccccc2C(F)(F)F)c1. The van der Waals surface area contributed by atoms with Gasteiger partial charge in [-0.3, -0.25) is 0 Å². The van der Waals surface area contributed by atoms with Gasteiger partial charge in [0.1, 0.15) is 0 Å². The molecular weight excluding hydrogens is 1760 g/mol. The first kappa shape index (κ1) is 89.4. The Morgan fingerprint density at radius 2 is 0.377 bits per heavy atom. The Labute approximate surface area is 786 Å². The van der Waals surface area contributed by atoms with Gasteiger partial charge in [0.15, 0.2) is 34.9 Å². The van der Waals surface area contributed by atoms with Gasteiger partial charge in [0.2, 0.25) is 0 Å². The molecule has 17 aromatic carbocycles. The number of rotatable bonds is 15. The average Bonchev–Trinajstić information content (AvgIpc) is 1.54. The van der Waals surface area contributed by atoms with Gasteiger partial charge in [0.25, 0.3) is 0 Å². The molecule has 0 bridgehead atoms. The normalized spacial score (nSPS) is 12.0. The minimum absolute atomic E-state index is 0.0101. The molecule has 4 heterocycles. The Morgan fingerprint density at radius 1 is 0.167 bits per heavy atom. The van der Waals surface area contributed by atoms with Gasteiger partial charge in [-0.1, -0.05) is 318 Å². The zero-order chi connectivity index (χ0) is 95.8. The Hall–Kier alpha value is -16.5. The molecule has 8 nitrogen and oxygen atoms in total. The van der Waals surface area contributed by atoms with Crippen LogP contribution < -0.4 is 0 Å². The highest BCUT2D eigenvalue weighted by atomic mass is 19.4. The number of aryl methyl sites for hydroxylation is 6. The van der Waals surface area contributed by atoms with Crippen LogP contribution in [0.2, 0.25) is 0 Å². The molecule has 138 heavy (non-hydrogen) atoms. The van der Waals surface area contributed by atoms with E-state index in [-0.39, 0.29) is 102 Å². The molecule has 21 aromatic rings. The summed E-state index contributed by atoms with van der Waals surface area (Å²) in [6, 6.07) is 107. The molecule has 0 radical (unpaired) electrons. The van der Waals surface area contributed by atoms with Gasteiger partial charge in [-0.25, -0.2) is 29.9 Å². The van der Waals surface area contributed by atoms with E-state index in [1.54, 1.807) is 28.8 Å². The van der Waals surface area contributed by atoms with Crippen LogP contribution in [0.15, 0.2) is 376 Å². The number of fused-ring (bicyclic) bond motifs is 6. The zero-order valence-electron chi connectivity index (χ0n) is 74.9. The van der Waals surface area contributed by atoms with Crippen molar-refractivity contribution >= 4 is 43.6 Å². The van der Waals surface area contributed by atoms with Crippen LogP contribution in [-0.2, 0) is 24.7 Å². The fraction of sp³-hybridized carbons (Fsp3) is 0.0847. The number of aromatic nitrogens is 8. The van der Waals surface area contributed by atoms with Crippen LogP contribution in [0.5, 0.6) is 0 Å². The van der Waals surface area contributed by atoms with Crippen molar-refractivity contribution in [2.75, 3.05) is 0 Å². The minimum atomic E-state index is -4.87. The second kappa shape index (κ2) is 35.7. The molecule has 0 N–H and O–H groups in total. The van der Waals surface area contributed by atoms with E-state index in [1.165, 1.54) is 72.8 Å². The summed E-state index contributed by atoms with van der Waals surface area (Å²) in [4.78, 5) is 29.3. The molecule has 0 spiro atoms. The van der Waals surface area contributed by atoms with Gasteiger partial charge in [0, 0.05) is 77.2 Å². The maximum Gasteiger partial charge on any atom is 0.417 e. The van der Waals surface area contributed by atoms with Crippen LogP contribution in [0.25, 0.3) is 201 Å². The molecule has 0 aliphatic heterocycles. The van der Waals surface area contributed by atoms with Crippen LogP contribution in [0.3, 0.4) is 0 Å². The number of hydrogen-bond acceptors (Lipinski definition) is 6. The minimum Gasteiger partial charge on any atom is -0.308 e. The summed E-state index contributed by atoms with van der Waals surface area (Å²) in [5.41, 5.74) is 12.7. The number of benzene rings is 17. The number of nitrogens with zero attached hydrogens (tertiary/aromatic N) is 8. The maximum absolute atomic E-state index is 15.6. The average molecular weight is 1840 g/mol. The van der Waals surface area contributed by atoms with Gasteiger partial charge >= 0.3 is 24.7 Å². The van der Waals surface area contributed by atoms with E-state index in [9.17, 15) is 0 Å². The molecule has 0 fully saturated rings. The lowest BCUT2D eigenvalue weighted by Gasteiger charge is -2.24. The summed E-state index contributed by atoms with van der Waals surface area (Å²) < 4.78 is 189. The van der Waals surface area contributed by atoms with Gasteiger partial charge in [0.05, 0.1) is 55.7 Å². The highest BCUT2D eigenvalue weighted by molar-refractivity contribution is 6.15. The Bertz CT molecular complexity index is 7890. The van der Waals surface area contributed by atoms with Crippen LogP contribution in [0.1, 0.15) is 55.6 Å². The van der Waals surface area contributed by atoms with Gasteiger partial charge in [-0.05, 0) is 188 Å². The zero-order valence-corrected chi connectivity index (χ0v) is 74.9. The standard InChI is InChI=1S/C63H44F6N4.C55H36F6N4/c1-37-27-38(2)30-45(29-37)43-23-25-56-50(33-43)51-34-44(46-31-39(3)28-40(4)32-46)24-26-57(51)73(56)58-52(48-19-11-13-21-54(48)62(64,65)66)35-47(36-53(58)49-20-12-14-22-55(49)63(67,68)69)61-71-59(41-15-7-5-8-16-41)70-60(72-61)42-17-9-6-10-18-42;1-33-27-34(2)29-38(28-33)37-25-26-49-43(30-37)42-21-11-14-24-48(42)65(49)50-44(40-19-9-12-22-46(40)54(56,57)58)31-39(32-45(50)41-20-10-13-23-47(41)55(59,60)61)53-63-51(35-15-5-3-6-16-35)62-52(64-53)36-17-7-4-8-18-36/h5-36H,1-4H3;3-32H,1-2H3. The van der Waals surface area contributed by atoms with Crippen molar-refractivity contribution < 1.29 is 52.7 Å². The monoisotopic (exact) mass is 1840 g/mol. The highest BCUT2D eigenvalue weighted by Crippen LogP contribution is 2.54. The maximum atomic E-state index is 15.6. The number of hydrogen-bond donors (Lipinski definition) is 0. The van der Waals surface area contributed by atoms with Crippen LogP contribution in [0.4, 0.5) is 52.7 Å². The van der Waals surface area contributed by atoms with Crippen LogP contribution >= 0.6 is 0 Å². The quantitative estimate of drug-likeness (QED) is 0.0951. The van der Waals surface area contributed by atoms with Crippen LogP contribution in [0, 0.1) is 41.5 Å². The van der Waals surface area contributed by atoms with Gasteiger partial charge in [-0.15, -0.1) is 0 Å². The van der Waals surface area contributed by atoms with E-state index < -0.39 is 47.0 Å². The van der Waals surface area contributed by atoms with E-state index in [0.29, 0.717) is 44.3 Å². The Balaban J connectivity index is 0.000000171. The molecule has 20 heteroatoms. The predicted octanol–water partition coefficient (Wildman–Crippen LogP) is 33.5. The molecule has 0 atom stereocenters. The van der Waals surface area contributed by atoms with E-state index in [4.69, 9.17) is 29.9 Å². The molecular formula is C118H80F12N8. The Morgan fingerprint density at radius 3 is 0.630 bits per heavy atom. The second-order valence-electron chi connectivity index (χ2n) is 34.6. The molecule has 0 saturated carbocycles. The summed E-state index contributed by atoms with van der Waals surface area (Å²) in [7, 11) is 0. The molecule has 4 aromatic heterocycles. The van der Waals surface area contributed by atoms with Crippen molar-refractivity contribution in [1.82, 2.24) is 39.0 Å². The fourth-order valence-corrected chi connectivity index (χ4v) is 19.0. The summed E-state index contributed by atoms with van der Waals surface area (Å²) in [6.07, 6.45) is -19.4. The lowest BCUT2D eigenvalue weighted by molar-refractivity contribution is -0.137. The van der Waals surface area contributed by atoms with Crippen molar-refractivity contribution in [2.24, 2.45) is 0 Å². The summed E-state index contributed by atoms with van der Waals surface area (Å²) >= 11 is 0. The molecule has 0 saturated heterocycles. The van der Waals surface area contributed by atoms with Crippen molar-refractivity contribution in [1.29, 1.82) is 0 Å². The summed E-state index contributed by atoms with van der Waals surface area (Å²) in [5, 5.41) is 3.04. The smallest absolute Gasteiger partial charge is 0.308 e. The summed E-state index contributed by atoms with van der Waals surface area (Å²) in [5.74, 6) is 1.19. The van der Waals surface area contributed by atoms with E-state index in [2.05, 4.69) is 66.7 Å². The first-order valence-electron chi connectivity index (χ1n) is 44.5. The molecule has 21 rings (SSSR count). The van der Waals surface area contributed by atoms with Crippen molar-refractivity contribution in [3.05, 3.63) is 432 Å². The number of alkyl halides is 12. The third-order valence-corrected chi connectivity index (χ3v) is 24.8.